The molecule has 32 nitrogen and oxygen atoms in total. The molecule has 4 aliphatic heterocycles. The van der Waals surface area contributed by atoms with Crippen molar-refractivity contribution in [1.82, 2.24) is 51.7 Å². The second-order valence-electron chi connectivity index (χ2n) is 29.1. The third-order valence-electron chi connectivity index (χ3n) is 21.0. The minimum Gasteiger partial charge on any atom is -0.480 e. The number of hydrogen-bond acceptors (Lipinski definition) is 23. The second kappa shape index (κ2) is 39.3. The van der Waals surface area contributed by atoms with Crippen LogP contribution in [0, 0.1) is 23.3 Å². The van der Waals surface area contributed by atoms with Crippen LogP contribution in [0.25, 0.3) is 44.1 Å². The first-order chi connectivity index (χ1) is 58.5. The van der Waals surface area contributed by atoms with Gasteiger partial charge in [-0.2, -0.15) is 0 Å². The number of imide groups is 4. The molecule has 15 N–H and O–H groups in total. The number of rotatable bonds is 28. The number of Topliss-reactive ketones (excluding diaryl/α,β-unsaturated/α-hetero) is 1. The fourth-order valence-corrected chi connectivity index (χ4v) is 14.7. The average molecular weight is 1670 g/mol. The molecular weight excluding hydrogens is 1590 g/mol. The quantitative estimate of drug-likeness (QED) is 0.0134. The number of nitrogens with one attached hydrogen (secondary N) is 10. The SMILES string of the molecule is CNc1c(C(=O)NC2CC(O)C2)cnc2cc(F)c(-c3ccc(C(=O)NCCCCCC(=O)CNc4cccc5c4C(=O)N(C4CCC(=O)NC4=O)C5=O)c(F)c3)cc12.CNc1c(C(=O)NC2CC(O)C2)cnc2cc(F)c(-c3ccc(C(=O)NCCCCN)c(F)c3)cc12.O=C(O)CNc1cccc2c1C(=O)N(C1CCC(=O)NC1=O)C2=O.[2H]CF. The maximum Gasteiger partial charge on any atom is 0.322 e. The van der Waals surface area contributed by atoms with Crippen molar-refractivity contribution < 1.29 is 106 Å². The highest BCUT2D eigenvalue weighted by molar-refractivity contribution is 6.27. The number of fused-ring (bicyclic) bond motifs is 4. The molecule has 2 saturated carbocycles. The number of aliphatic hydroxyl groups is 2. The molecular formula is C84H86F5N15O17. The molecule has 12 amide bonds. The van der Waals surface area contributed by atoms with Crippen LogP contribution in [-0.4, -0.2) is 208 Å². The Morgan fingerprint density at radius 1 is 0.521 bits per heavy atom. The largest absolute Gasteiger partial charge is 0.480 e. The monoisotopic (exact) mass is 1670 g/mol. The highest BCUT2D eigenvalue weighted by Crippen LogP contribution is 2.39. The van der Waals surface area contributed by atoms with Crippen LogP contribution in [0.1, 0.15) is 174 Å². The van der Waals surface area contributed by atoms with Crippen LogP contribution in [0.15, 0.2) is 109 Å². The summed E-state index contributed by atoms with van der Waals surface area (Å²) in [5.41, 5.74) is 8.35. The first-order valence-electron chi connectivity index (χ1n) is 39.4. The van der Waals surface area contributed by atoms with Gasteiger partial charge in [0.05, 0.1) is 94.2 Å². The molecule has 2 aliphatic carbocycles. The number of pyridine rings is 2. The Morgan fingerprint density at radius 3 is 1.33 bits per heavy atom. The molecule has 634 valence electrons. The Bertz CT molecular complexity index is 5520. The fraction of sp³-hybridized carbons (Fsp3) is 0.333. The molecule has 14 rings (SSSR count). The Labute approximate surface area is 688 Å². The van der Waals surface area contributed by atoms with Crippen molar-refractivity contribution in [3.63, 3.8) is 0 Å². The zero-order valence-corrected chi connectivity index (χ0v) is 65.3. The number of unbranched alkanes of at least 4 members (excludes halogenated alkanes) is 3. The van der Waals surface area contributed by atoms with Gasteiger partial charge in [-0.1, -0.05) is 30.7 Å². The zero-order valence-electron chi connectivity index (χ0n) is 66.3. The smallest absolute Gasteiger partial charge is 0.322 e. The molecule has 2 saturated heterocycles. The van der Waals surface area contributed by atoms with Crippen LogP contribution in [0.3, 0.4) is 0 Å². The minimum absolute atomic E-state index is 0.00255. The molecule has 2 aromatic heterocycles. The van der Waals surface area contributed by atoms with Gasteiger partial charge >= 0.3 is 5.97 Å². The van der Waals surface area contributed by atoms with Crippen molar-refractivity contribution in [2.24, 2.45) is 5.73 Å². The summed E-state index contributed by atoms with van der Waals surface area (Å²) in [6.45, 7) is 0.560. The molecule has 8 aromatic rings. The number of aliphatic hydroxyl groups excluding tert-OH is 2. The van der Waals surface area contributed by atoms with E-state index in [1.54, 1.807) is 26.2 Å². The summed E-state index contributed by atoms with van der Waals surface area (Å²) >= 11 is 0. The molecule has 0 radical (unpaired) electrons. The topological polar surface area (TPSA) is 478 Å². The molecule has 0 bridgehead atoms. The number of carboxylic acid groups (broad SMARTS) is 1. The van der Waals surface area contributed by atoms with Gasteiger partial charge in [-0.05, 0) is 143 Å². The van der Waals surface area contributed by atoms with Crippen LogP contribution < -0.4 is 58.9 Å². The van der Waals surface area contributed by atoms with Gasteiger partial charge in [0, 0.05) is 116 Å². The number of aliphatic carboxylic acids is 1. The van der Waals surface area contributed by atoms with Crippen molar-refractivity contribution in [3.05, 3.63) is 177 Å². The summed E-state index contributed by atoms with van der Waals surface area (Å²) in [4.78, 5) is 183. The molecule has 6 heterocycles. The predicted octanol–water partition coefficient (Wildman–Crippen LogP) is 6.96. The first-order valence-corrected chi connectivity index (χ1v) is 38.7. The number of carbonyl (C=O) groups excluding carboxylic acids is 13. The van der Waals surface area contributed by atoms with Gasteiger partial charge in [-0.3, -0.25) is 102 Å². The Kier molecular flexibility index (Phi) is 28.2. The Hall–Kier alpha value is -13.6. The molecule has 0 spiro atoms. The molecule has 121 heavy (non-hydrogen) atoms. The number of nitrogens with zero attached hydrogens (tertiary/aromatic N) is 4. The van der Waals surface area contributed by atoms with E-state index in [-0.39, 0.29) is 153 Å². The fourth-order valence-electron chi connectivity index (χ4n) is 14.7. The highest BCUT2D eigenvalue weighted by Gasteiger charge is 2.48. The standard InChI is InChI=1S/C42H41F2N7O8.C26H29F2N5O3.C15H13N3O6.CH3F/c1-45-37-28-17-27(31(44)18-33(28)48-20-29(37)39(56)49-22-15-24(53)16-22)21-9-10-25(30(43)14-21)38(55)46-13-4-2-3-6-23(52)19-47-32-8-5-7-26-36(32)42(59)51(41(26)58)34-11-12-35(54)50-40(34)57;1-30-24-19-11-18(14-4-5-17(21(27)8-14)25(35)31-7-3-2-6-29)22(28)12-23(19)32-13-20(24)26(36)33-15-9-16(34)10-15;19-10-5-4-9(13(22)17-10)18-14(23)7-2-1-3-8(12(7)15(18)24)16-6-11(20)21;1-2/h5,7-10,14,17-18,20,22,24,34,47,53H,2-4,6,11-13,15-16,19H2,1H3,(H,45,48)(H,46,55)(H,49,56)(H,50,54,57);4-5,8,11-13,15-16,34H,2-3,6-7,9-10,29H2,1H3,(H,30,32)(H,31,35)(H,33,36);1-3,9,16H,4-6H2,(H,20,21)(H,17,19,22);1H3/i;;;1D. The number of carbonyl (C=O) groups is 14. The number of alkyl halides is 1. The van der Waals surface area contributed by atoms with Gasteiger partial charge in [0.15, 0.2) is 5.78 Å². The summed E-state index contributed by atoms with van der Waals surface area (Å²) in [7, 11) is 2.25. The highest BCUT2D eigenvalue weighted by atomic mass is 19.1. The summed E-state index contributed by atoms with van der Waals surface area (Å²) in [5.74, 6) is -11.2. The normalized spacial score (nSPS) is 18.2. The lowest BCUT2D eigenvalue weighted by Crippen LogP contribution is -2.54. The number of piperidine rings is 2. The average Bonchev–Trinajstić information content (AvgIpc) is 1.54. The summed E-state index contributed by atoms with van der Waals surface area (Å²) in [6.07, 6.45) is 7.06. The third kappa shape index (κ3) is 19.9. The third-order valence-corrected chi connectivity index (χ3v) is 21.0. The lowest BCUT2D eigenvalue weighted by atomic mass is 9.89. The van der Waals surface area contributed by atoms with E-state index in [0.29, 0.717) is 92.1 Å². The van der Waals surface area contributed by atoms with Gasteiger partial charge in [0.1, 0.15) is 41.9 Å². The molecule has 6 aromatic carbocycles. The maximum absolute atomic E-state index is 15.3. The Morgan fingerprint density at radius 2 is 0.942 bits per heavy atom. The van der Waals surface area contributed by atoms with E-state index in [9.17, 15) is 86.1 Å². The summed E-state index contributed by atoms with van der Waals surface area (Å²) < 4.78 is 76.0. The van der Waals surface area contributed by atoms with E-state index < -0.39 is 132 Å². The number of amides is 12. The number of anilines is 4. The predicted molar refractivity (Wildman–Crippen MR) is 431 cm³/mol. The van der Waals surface area contributed by atoms with E-state index in [2.05, 4.69) is 63.1 Å². The zero-order chi connectivity index (χ0) is 87.9. The number of benzene rings is 6. The van der Waals surface area contributed by atoms with Crippen molar-refractivity contribution in [2.75, 3.05) is 75.2 Å². The van der Waals surface area contributed by atoms with E-state index >= 15 is 13.2 Å². The van der Waals surface area contributed by atoms with Crippen molar-refractivity contribution in [2.45, 2.75) is 126 Å². The number of nitrogens with two attached hydrogens (primary N) is 1. The number of aromatic nitrogens is 2. The van der Waals surface area contributed by atoms with Crippen molar-refractivity contribution >= 4 is 127 Å². The molecule has 4 fully saturated rings. The van der Waals surface area contributed by atoms with Crippen molar-refractivity contribution in [3.8, 4) is 22.3 Å². The summed E-state index contributed by atoms with van der Waals surface area (Å²) in [5, 5.41) is 55.5. The van der Waals surface area contributed by atoms with E-state index in [0.717, 1.165) is 28.4 Å². The Balaban J connectivity index is 0.000000194. The molecule has 2 atom stereocenters. The van der Waals surface area contributed by atoms with E-state index in [4.69, 9.17) is 12.2 Å². The molecule has 6 aliphatic rings. The second-order valence-corrected chi connectivity index (χ2v) is 29.1. The minimum atomic E-state index is -1.12. The van der Waals surface area contributed by atoms with Gasteiger partial charge < -0.3 is 63.6 Å². The van der Waals surface area contributed by atoms with Crippen LogP contribution in [-0.2, 0) is 28.8 Å². The van der Waals surface area contributed by atoms with Gasteiger partial charge in [0.25, 0.3) is 47.3 Å². The molecule has 2 unspecified atom stereocenters. The van der Waals surface area contributed by atoms with Crippen LogP contribution >= 0.6 is 0 Å². The summed E-state index contributed by atoms with van der Waals surface area (Å²) in [6, 6.07) is 19.7. The number of ketones is 1. The van der Waals surface area contributed by atoms with Gasteiger partial charge in [0.2, 0.25) is 23.6 Å². The van der Waals surface area contributed by atoms with Gasteiger partial charge in [-0.25, -0.2) is 17.6 Å². The first kappa shape index (κ1) is 86.8. The van der Waals surface area contributed by atoms with Crippen LogP contribution in [0.5, 0.6) is 0 Å². The number of carboxylic acids is 1. The molecule has 37 heteroatoms. The van der Waals surface area contributed by atoms with E-state index in [1.807, 2.05) is 0 Å². The van der Waals surface area contributed by atoms with Crippen molar-refractivity contribution in [1.29, 1.82) is 0 Å². The van der Waals surface area contributed by atoms with Crippen LogP contribution in [0.4, 0.5) is 44.7 Å². The maximum atomic E-state index is 15.3. The van der Waals surface area contributed by atoms with E-state index in [1.165, 1.54) is 85.2 Å². The van der Waals surface area contributed by atoms with Gasteiger partial charge in [-0.15, -0.1) is 0 Å². The lowest BCUT2D eigenvalue weighted by molar-refractivity contribution is -0.137. The number of halogens is 5. The van der Waals surface area contributed by atoms with Crippen LogP contribution in [0.2, 0.25) is 0 Å². The lowest BCUT2D eigenvalue weighted by Gasteiger charge is -2.32. The number of hydrogen-bond donors (Lipinski definition) is 14.